The first-order chi connectivity index (χ1) is 17.3. The van der Waals surface area contributed by atoms with Crippen LogP contribution >= 0.6 is 0 Å². The van der Waals surface area contributed by atoms with Gasteiger partial charge >= 0.3 is 0 Å². The van der Waals surface area contributed by atoms with Crippen LogP contribution in [0.2, 0.25) is 0 Å². The lowest BCUT2D eigenvalue weighted by Gasteiger charge is -2.39. The molecule has 36 heavy (non-hydrogen) atoms. The van der Waals surface area contributed by atoms with Gasteiger partial charge in [0.05, 0.1) is 30.6 Å². The average molecular weight is 496 g/mol. The standard InChI is InChI=1S/C28H37N3O5/c1-5-15-29(4)25(33)22-21-13-14-28(36-21)23(22)26(34)31(20(7-3)18-32)24(28)27(35)30(16-6-2)17-19-11-9-8-10-12-19/h5-6,8-12,20-24,32H,1-2,7,13-18H2,3-4H3/t20-,21+,22-,23-,24?,28?/m0/s1. The number of likely N-dealkylation sites (N-methyl/N-ethyl adjacent to an activating group) is 1. The number of carbonyl (C=O) groups excluding carboxylic acids is 3. The zero-order valence-electron chi connectivity index (χ0n) is 21.2. The molecule has 6 atom stereocenters. The van der Waals surface area contributed by atoms with E-state index in [2.05, 4.69) is 13.2 Å². The number of aliphatic hydroxyl groups is 1. The minimum Gasteiger partial charge on any atom is -0.394 e. The number of benzene rings is 1. The van der Waals surface area contributed by atoms with Crippen molar-refractivity contribution in [3.63, 3.8) is 0 Å². The highest BCUT2D eigenvalue weighted by atomic mass is 16.5. The Bertz CT molecular complexity index is 1010. The van der Waals surface area contributed by atoms with Gasteiger partial charge in [0.15, 0.2) is 0 Å². The summed E-state index contributed by atoms with van der Waals surface area (Å²) in [4.78, 5) is 46.5. The van der Waals surface area contributed by atoms with E-state index < -0.39 is 35.6 Å². The van der Waals surface area contributed by atoms with E-state index in [-0.39, 0.29) is 24.3 Å². The Morgan fingerprint density at radius 2 is 1.92 bits per heavy atom. The fourth-order valence-corrected chi connectivity index (χ4v) is 6.36. The van der Waals surface area contributed by atoms with Gasteiger partial charge in [-0.05, 0) is 24.8 Å². The Balaban J connectivity index is 1.75. The average Bonchev–Trinajstić information content (AvgIpc) is 3.52. The van der Waals surface area contributed by atoms with E-state index in [4.69, 9.17) is 4.74 Å². The molecule has 3 amide bonds. The SMILES string of the molecule is C=CCN(C)C(=O)[C@@H]1[C@H]2C(=O)N([C@@H](CC)CO)C(C(=O)N(CC=C)Cc3ccccc3)C23CC[C@H]1O3. The summed E-state index contributed by atoms with van der Waals surface area (Å²) in [5.41, 5.74) is -0.130. The predicted molar refractivity (Wildman–Crippen MR) is 136 cm³/mol. The number of hydrogen-bond donors (Lipinski definition) is 1. The van der Waals surface area contributed by atoms with Crippen LogP contribution in [-0.2, 0) is 25.7 Å². The summed E-state index contributed by atoms with van der Waals surface area (Å²) < 4.78 is 6.51. The number of amides is 3. The first kappa shape index (κ1) is 26.1. The second-order valence-electron chi connectivity index (χ2n) is 10.0. The fourth-order valence-electron chi connectivity index (χ4n) is 6.36. The number of likely N-dealkylation sites (tertiary alicyclic amines) is 1. The van der Waals surface area contributed by atoms with Crippen LogP contribution < -0.4 is 0 Å². The van der Waals surface area contributed by atoms with Crippen molar-refractivity contribution in [3.8, 4) is 0 Å². The molecule has 1 aromatic rings. The normalized spacial score (nSPS) is 29.1. The number of fused-ring (bicyclic) bond motifs is 1. The molecule has 0 aliphatic carbocycles. The zero-order valence-corrected chi connectivity index (χ0v) is 21.2. The molecule has 1 aromatic carbocycles. The van der Waals surface area contributed by atoms with Crippen molar-refractivity contribution in [2.75, 3.05) is 26.7 Å². The second kappa shape index (κ2) is 10.6. The molecule has 8 heteroatoms. The Labute approximate surface area is 213 Å². The summed E-state index contributed by atoms with van der Waals surface area (Å²) in [7, 11) is 1.69. The molecule has 3 fully saturated rings. The number of hydrogen-bond acceptors (Lipinski definition) is 5. The van der Waals surface area contributed by atoms with Crippen LogP contribution in [0, 0.1) is 11.8 Å². The molecular weight excluding hydrogens is 458 g/mol. The van der Waals surface area contributed by atoms with E-state index in [1.807, 2.05) is 37.3 Å². The first-order valence-corrected chi connectivity index (χ1v) is 12.7. The van der Waals surface area contributed by atoms with Gasteiger partial charge in [-0.1, -0.05) is 49.4 Å². The van der Waals surface area contributed by atoms with Crippen molar-refractivity contribution in [2.45, 2.75) is 56.5 Å². The van der Waals surface area contributed by atoms with E-state index in [1.165, 1.54) is 4.90 Å². The van der Waals surface area contributed by atoms with Gasteiger partial charge < -0.3 is 24.5 Å². The summed E-state index contributed by atoms with van der Waals surface area (Å²) in [5.74, 6) is -2.10. The van der Waals surface area contributed by atoms with Crippen molar-refractivity contribution < 1.29 is 24.2 Å². The Morgan fingerprint density at radius 1 is 1.22 bits per heavy atom. The van der Waals surface area contributed by atoms with Crippen LogP contribution in [0.4, 0.5) is 0 Å². The number of nitrogens with zero attached hydrogens (tertiary/aromatic N) is 3. The van der Waals surface area contributed by atoms with Crippen LogP contribution in [0.5, 0.6) is 0 Å². The van der Waals surface area contributed by atoms with E-state index >= 15 is 0 Å². The van der Waals surface area contributed by atoms with E-state index in [0.29, 0.717) is 38.9 Å². The van der Waals surface area contributed by atoms with Gasteiger partial charge in [0.25, 0.3) is 0 Å². The third-order valence-electron chi connectivity index (χ3n) is 7.99. The van der Waals surface area contributed by atoms with Crippen molar-refractivity contribution in [1.82, 2.24) is 14.7 Å². The highest BCUT2D eigenvalue weighted by Crippen LogP contribution is 2.59. The van der Waals surface area contributed by atoms with E-state index in [9.17, 15) is 19.5 Å². The molecule has 8 nitrogen and oxygen atoms in total. The maximum atomic E-state index is 14.3. The highest BCUT2D eigenvalue weighted by molar-refractivity contribution is 5.99. The lowest BCUT2D eigenvalue weighted by atomic mass is 9.70. The third-order valence-corrected chi connectivity index (χ3v) is 7.99. The van der Waals surface area contributed by atoms with E-state index in [0.717, 1.165) is 5.56 Å². The molecule has 2 bridgehead atoms. The molecule has 1 N–H and O–H groups in total. The van der Waals surface area contributed by atoms with Gasteiger partial charge in [-0.25, -0.2) is 0 Å². The van der Waals surface area contributed by atoms with Crippen LogP contribution in [-0.4, -0.2) is 88.1 Å². The summed E-state index contributed by atoms with van der Waals surface area (Å²) in [6.45, 7) is 10.2. The third kappa shape index (κ3) is 4.16. The molecule has 194 valence electrons. The lowest BCUT2D eigenvalue weighted by Crippen LogP contribution is -2.58. The molecule has 3 saturated heterocycles. The molecular formula is C28H37N3O5. The van der Waals surface area contributed by atoms with Crippen LogP contribution in [0.3, 0.4) is 0 Å². The van der Waals surface area contributed by atoms with Gasteiger partial charge in [-0.3, -0.25) is 14.4 Å². The maximum absolute atomic E-state index is 14.3. The lowest BCUT2D eigenvalue weighted by molar-refractivity contribution is -0.152. The van der Waals surface area contributed by atoms with Crippen molar-refractivity contribution in [2.24, 2.45) is 11.8 Å². The minimum atomic E-state index is -1.09. The highest BCUT2D eigenvalue weighted by Gasteiger charge is 2.75. The van der Waals surface area contributed by atoms with Gasteiger partial charge in [0.2, 0.25) is 17.7 Å². The molecule has 4 rings (SSSR count). The minimum absolute atomic E-state index is 0.169. The molecule has 0 aromatic heterocycles. The van der Waals surface area contributed by atoms with Crippen LogP contribution in [0.25, 0.3) is 0 Å². The molecule has 1 spiro atoms. The van der Waals surface area contributed by atoms with Crippen molar-refractivity contribution in [3.05, 3.63) is 61.2 Å². The molecule has 3 aliphatic heterocycles. The van der Waals surface area contributed by atoms with Gasteiger partial charge in [-0.15, -0.1) is 13.2 Å². The Hall–Kier alpha value is -2.97. The van der Waals surface area contributed by atoms with Crippen molar-refractivity contribution >= 4 is 17.7 Å². The second-order valence-corrected chi connectivity index (χ2v) is 10.0. The number of carbonyl (C=O) groups is 3. The number of aliphatic hydroxyl groups excluding tert-OH is 1. The first-order valence-electron chi connectivity index (χ1n) is 12.7. The maximum Gasteiger partial charge on any atom is 0.249 e. The summed E-state index contributed by atoms with van der Waals surface area (Å²) in [6.07, 6.45) is 4.51. The number of rotatable bonds is 11. The predicted octanol–water partition coefficient (Wildman–Crippen LogP) is 1.99. The molecule has 0 saturated carbocycles. The Kier molecular flexibility index (Phi) is 7.66. The van der Waals surface area contributed by atoms with Crippen LogP contribution in [0.15, 0.2) is 55.6 Å². The fraction of sp³-hybridized carbons (Fsp3) is 0.536. The summed E-state index contributed by atoms with van der Waals surface area (Å²) in [6, 6.07) is 8.20. The van der Waals surface area contributed by atoms with Gasteiger partial charge in [0.1, 0.15) is 11.6 Å². The monoisotopic (exact) mass is 495 g/mol. The zero-order chi connectivity index (χ0) is 26.0. The van der Waals surface area contributed by atoms with Gasteiger partial charge in [0, 0.05) is 26.7 Å². The quantitative estimate of drug-likeness (QED) is 0.474. The summed E-state index contributed by atoms with van der Waals surface area (Å²) in [5, 5.41) is 10.2. The summed E-state index contributed by atoms with van der Waals surface area (Å²) >= 11 is 0. The molecule has 3 aliphatic rings. The van der Waals surface area contributed by atoms with E-state index in [1.54, 1.807) is 29.0 Å². The molecule has 3 heterocycles. The Morgan fingerprint density at radius 3 is 2.53 bits per heavy atom. The molecule has 2 unspecified atom stereocenters. The largest absolute Gasteiger partial charge is 0.394 e. The van der Waals surface area contributed by atoms with Crippen LogP contribution in [0.1, 0.15) is 31.7 Å². The molecule has 0 radical (unpaired) electrons. The topological polar surface area (TPSA) is 90.4 Å². The smallest absolute Gasteiger partial charge is 0.249 e. The van der Waals surface area contributed by atoms with Crippen molar-refractivity contribution in [1.29, 1.82) is 0 Å². The van der Waals surface area contributed by atoms with Gasteiger partial charge in [-0.2, -0.15) is 0 Å². The number of ether oxygens (including phenoxy) is 1.